The number of carbonyl (C=O) groups is 1. The predicted octanol–water partition coefficient (Wildman–Crippen LogP) is 2.63. The van der Waals surface area contributed by atoms with Gasteiger partial charge >= 0.3 is 5.97 Å². The lowest BCUT2D eigenvalue weighted by Crippen LogP contribution is -2.33. The largest absolute Gasteiger partial charge is 0.481 e. The van der Waals surface area contributed by atoms with Crippen LogP contribution in [-0.4, -0.2) is 23.7 Å². The molecule has 0 radical (unpaired) electrons. The van der Waals surface area contributed by atoms with Gasteiger partial charge in [-0.15, -0.1) is 0 Å². The van der Waals surface area contributed by atoms with E-state index in [4.69, 9.17) is 0 Å². The molecule has 98 valence electrons. The molecule has 0 aromatic heterocycles. The second kappa shape index (κ2) is 6.01. The minimum atomic E-state index is -0.750. The van der Waals surface area contributed by atoms with Gasteiger partial charge in [0.05, 0.1) is 5.92 Å². The zero-order chi connectivity index (χ0) is 13.0. The zero-order valence-corrected chi connectivity index (χ0v) is 10.8. The smallest absolute Gasteiger partial charge is 0.312 e. The number of carboxylic acids is 1. The lowest BCUT2D eigenvalue weighted by atomic mass is 9.99. The molecule has 0 bridgehead atoms. The topological polar surface area (TPSA) is 49.3 Å². The fourth-order valence-electron chi connectivity index (χ4n) is 2.71. The lowest BCUT2D eigenvalue weighted by molar-refractivity contribution is -0.138. The normalized spacial score (nSPS) is 24.9. The molecule has 1 aromatic carbocycles. The SMILES string of the molecule is CC1CCC(NCC(C(=O)O)c2ccccc2)C1. The Balaban J connectivity index is 1.93. The van der Waals surface area contributed by atoms with Crippen LogP contribution < -0.4 is 5.32 Å². The summed E-state index contributed by atoms with van der Waals surface area (Å²) in [4.78, 5) is 11.3. The van der Waals surface area contributed by atoms with Crippen molar-refractivity contribution in [1.29, 1.82) is 0 Å². The third-order valence-electron chi connectivity index (χ3n) is 3.81. The molecular weight excluding hydrogens is 226 g/mol. The number of nitrogens with one attached hydrogen (secondary N) is 1. The van der Waals surface area contributed by atoms with Crippen LogP contribution in [0.4, 0.5) is 0 Å². The highest BCUT2D eigenvalue weighted by Gasteiger charge is 2.24. The Hall–Kier alpha value is -1.35. The van der Waals surface area contributed by atoms with Crippen LogP contribution in [0.15, 0.2) is 30.3 Å². The summed E-state index contributed by atoms with van der Waals surface area (Å²) in [5.41, 5.74) is 0.878. The molecule has 3 heteroatoms. The van der Waals surface area contributed by atoms with E-state index in [2.05, 4.69) is 12.2 Å². The van der Waals surface area contributed by atoms with Crippen molar-refractivity contribution in [2.75, 3.05) is 6.54 Å². The summed E-state index contributed by atoms with van der Waals surface area (Å²) in [5.74, 6) is -0.427. The van der Waals surface area contributed by atoms with Gasteiger partial charge in [0, 0.05) is 12.6 Å². The maximum atomic E-state index is 11.3. The summed E-state index contributed by atoms with van der Waals surface area (Å²) in [6.45, 7) is 2.78. The standard InChI is InChI=1S/C15H21NO2/c1-11-7-8-13(9-11)16-10-14(15(17)18)12-5-3-2-4-6-12/h2-6,11,13-14,16H,7-10H2,1H3,(H,17,18). The first-order valence-electron chi connectivity index (χ1n) is 6.68. The zero-order valence-electron chi connectivity index (χ0n) is 10.8. The Morgan fingerprint density at radius 3 is 2.67 bits per heavy atom. The maximum Gasteiger partial charge on any atom is 0.312 e. The van der Waals surface area contributed by atoms with Crippen molar-refractivity contribution in [2.45, 2.75) is 38.1 Å². The van der Waals surface area contributed by atoms with E-state index < -0.39 is 11.9 Å². The van der Waals surface area contributed by atoms with Crippen molar-refractivity contribution in [3.63, 3.8) is 0 Å². The van der Waals surface area contributed by atoms with Gasteiger partial charge in [-0.25, -0.2) is 0 Å². The molecule has 1 fully saturated rings. The first-order valence-corrected chi connectivity index (χ1v) is 6.68. The van der Waals surface area contributed by atoms with Crippen LogP contribution >= 0.6 is 0 Å². The van der Waals surface area contributed by atoms with Gasteiger partial charge in [-0.2, -0.15) is 0 Å². The summed E-state index contributed by atoms with van der Waals surface area (Å²) >= 11 is 0. The Bertz CT molecular complexity index is 391. The minimum absolute atomic E-state index is 0.442. The number of benzene rings is 1. The van der Waals surface area contributed by atoms with Crippen molar-refractivity contribution in [1.82, 2.24) is 5.32 Å². The van der Waals surface area contributed by atoms with Gasteiger partial charge in [0.1, 0.15) is 0 Å². The van der Waals surface area contributed by atoms with E-state index in [1.54, 1.807) is 0 Å². The third kappa shape index (κ3) is 3.33. The molecule has 0 aliphatic heterocycles. The highest BCUT2D eigenvalue weighted by Crippen LogP contribution is 2.25. The van der Waals surface area contributed by atoms with Gasteiger partial charge < -0.3 is 10.4 Å². The average molecular weight is 247 g/mol. The molecule has 1 aliphatic rings. The van der Waals surface area contributed by atoms with Crippen LogP contribution in [-0.2, 0) is 4.79 Å². The van der Waals surface area contributed by atoms with Crippen molar-refractivity contribution >= 4 is 5.97 Å². The van der Waals surface area contributed by atoms with Crippen molar-refractivity contribution in [3.05, 3.63) is 35.9 Å². The van der Waals surface area contributed by atoms with Gasteiger partial charge in [0.25, 0.3) is 0 Å². The molecule has 18 heavy (non-hydrogen) atoms. The summed E-state index contributed by atoms with van der Waals surface area (Å²) in [5, 5.41) is 12.7. The second-order valence-electron chi connectivity index (χ2n) is 5.32. The molecule has 3 unspecified atom stereocenters. The van der Waals surface area contributed by atoms with E-state index in [0.29, 0.717) is 12.6 Å². The summed E-state index contributed by atoms with van der Waals surface area (Å²) < 4.78 is 0. The molecule has 3 nitrogen and oxygen atoms in total. The molecule has 0 heterocycles. The van der Waals surface area contributed by atoms with E-state index in [1.165, 1.54) is 19.3 Å². The van der Waals surface area contributed by atoms with Crippen LogP contribution in [0.1, 0.15) is 37.7 Å². The van der Waals surface area contributed by atoms with Gasteiger partial charge in [0.2, 0.25) is 0 Å². The number of rotatable bonds is 5. The molecule has 0 saturated heterocycles. The Morgan fingerprint density at radius 2 is 2.11 bits per heavy atom. The van der Waals surface area contributed by atoms with Crippen molar-refractivity contribution < 1.29 is 9.90 Å². The predicted molar refractivity (Wildman–Crippen MR) is 71.6 cm³/mol. The van der Waals surface area contributed by atoms with Crippen LogP contribution in [0, 0.1) is 5.92 Å². The molecular formula is C15H21NO2. The van der Waals surface area contributed by atoms with Crippen molar-refractivity contribution in [3.8, 4) is 0 Å². The second-order valence-corrected chi connectivity index (χ2v) is 5.32. The first kappa shape index (κ1) is 13.1. The molecule has 2 N–H and O–H groups in total. The molecule has 1 aromatic rings. The van der Waals surface area contributed by atoms with Crippen LogP contribution in [0.25, 0.3) is 0 Å². The highest BCUT2D eigenvalue weighted by atomic mass is 16.4. The van der Waals surface area contributed by atoms with Crippen LogP contribution in [0.3, 0.4) is 0 Å². The van der Waals surface area contributed by atoms with E-state index in [1.807, 2.05) is 30.3 Å². The Labute approximate surface area is 108 Å². The molecule has 1 aliphatic carbocycles. The number of hydrogen-bond acceptors (Lipinski definition) is 2. The fourth-order valence-corrected chi connectivity index (χ4v) is 2.71. The van der Waals surface area contributed by atoms with E-state index in [0.717, 1.165) is 11.5 Å². The summed E-state index contributed by atoms with van der Waals surface area (Å²) in [6.07, 6.45) is 3.59. The Morgan fingerprint density at radius 1 is 1.39 bits per heavy atom. The number of aliphatic carboxylic acids is 1. The van der Waals surface area contributed by atoms with Crippen LogP contribution in [0.2, 0.25) is 0 Å². The summed E-state index contributed by atoms with van der Waals surface area (Å²) in [6, 6.07) is 9.96. The van der Waals surface area contributed by atoms with Gasteiger partial charge in [0.15, 0.2) is 0 Å². The fraction of sp³-hybridized carbons (Fsp3) is 0.533. The summed E-state index contributed by atoms with van der Waals surface area (Å²) in [7, 11) is 0. The monoisotopic (exact) mass is 247 g/mol. The maximum absolute atomic E-state index is 11.3. The average Bonchev–Trinajstić information content (AvgIpc) is 2.76. The van der Waals surface area contributed by atoms with E-state index >= 15 is 0 Å². The minimum Gasteiger partial charge on any atom is -0.481 e. The van der Waals surface area contributed by atoms with Gasteiger partial charge in [-0.05, 0) is 30.7 Å². The first-order chi connectivity index (χ1) is 8.66. The number of hydrogen-bond donors (Lipinski definition) is 2. The number of carboxylic acid groups (broad SMARTS) is 1. The third-order valence-corrected chi connectivity index (χ3v) is 3.81. The molecule has 0 amide bonds. The molecule has 0 spiro atoms. The quantitative estimate of drug-likeness (QED) is 0.841. The highest BCUT2D eigenvalue weighted by molar-refractivity contribution is 5.76. The van der Waals surface area contributed by atoms with E-state index in [-0.39, 0.29) is 0 Å². The Kier molecular flexibility index (Phi) is 4.37. The molecule has 3 atom stereocenters. The van der Waals surface area contributed by atoms with Crippen molar-refractivity contribution in [2.24, 2.45) is 5.92 Å². The lowest BCUT2D eigenvalue weighted by Gasteiger charge is -2.17. The molecule has 1 saturated carbocycles. The molecule has 2 rings (SSSR count). The van der Waals surface area contributed by atoms with Gasteiger partial charge in [-0.1, -0.05) is 37.3 Å². The van der Waals surface area contributed by atoms with Crippen LogP contribution in [0.5, 0.6) is 0 Å². The van der Waals surface area contributed by atoms with Gasteiger partial charge in [-0.3, -0.25) is 4.79 Å². The van der Waals surface area contributed by atoms with E-state index in [9.17, 15) is 9.90 Å².